The average Bonchev–Trinajstić information content (AvgIpc) is 2.89. The molecular weight excluding hydrogens is 254 g/mol. The van der Waals surface area contributed by atoms with Crippen molar-refractivity contribution in [3.8, 4) is 5.75 Å². The van der Waals surface area contributed by atoms with E-state index in [0.717, 1.165) is 25.2 Å². The van der Waals surface area contributed by atoms with Crippen molar-refractivity contribution < 1.29 is 4.74 Å². The predicted octanol–water partition coefficient (Wildman–Crippen LogP) is 3.80. The Bertz CT molecular complexity index is 408. The molecule has 0 bridgehead atoms. The lowest BCUT2D eigenvalue weighted by Crippen LogP contribution is -2.30. The number of thioether (sulfide) groups is 1. The first-order valence-electron chi connectivity index (χ1n) is 7.25. The molecule has 19 heavy (non-hydrogen) atoms. The molecule has 0 saturated carbocycles. The van der Waals surface area contributed by atoms with Gasteiger partial charge in [-0.15, -0.1) is 0 Å². The van der Waals surface area contributed by atoms with Gasteiger partial charge in [-0.1, -0.05) is 19.1 Å². The van der Waals surface area contributed by atoms with Crippen molar-refractivity contribution in [3.63, 3.8) is 0 Å². The molecule has 2 rings (SSSR count). The van der Waals surface area contributed by atoms with Gasteiger partial charge < -0.3 is 10.1 Å². The van der Waals surface area contributed by atoms with Gasteiger partial charge in [0.25, 0.3) is 0 Å². The molecule has 0 radical (unpaired) electrons. The first-order chi connectivity index (χ1) is 9.24. The molecule has 2 unspecified atom stereocenters. The minimum absolute atomic E-state index is 0.461. The molecule has 1 aromatic carbocycles. The largest absolute Gasteiger partial charge is 0.493 e. The summed E-state index contributed by atoms with van der Waals surface area (Å²) in [6.07, 6.45) is 5.58. The minimum atomic E-state index is 0.461. The fourth-order valence-corrected chi connectivity index (χ4v) is 3.18. The van der Waals surface area contributed by atoms with Crippen molar-refractivity contribution in [2.24, 2.45) is 0 Å². The number of hydrogen-bond donors (Lipinski definition) is 1. The van der Waals surface area contributed by atoms with E-state index < -0.39 is 0 Å². The molecule has 1 aliphatic rings. The van der Waals surface area contributed by atoms with Crippen LogP contribution in [-0.4, -0.2) is 24.7 Å². The smallest absolute Gasteiger partial charge is 0.122 e. The third-order valence-corrected chi connectivity index (χ3v) is 4.41. The summed E-state index contributed by atoms with van der Waals surface area (Å²) in [5.41, 5.74) is 2.78. The van der Waals surface area contributed by atoms with Crippen molar-refractivity contribution >= 4 is 11.8 Å². The zero-order valence-corrected chi connectivity index (χ0v) is 13.1. The monoisotopic (exact) mass is 279 g/mol. The maximum Gasteiger partial charge on any atom is 0.122 e. The van der Waals surface area contributed by atoms with Gasteiger partial charge in [0.2, 0.25) is 0 Å². The Kier molecular flexibility index (Phi) is 5.59. The van der Waals surface area contributed by atoms with E-state index in [0.29, 0.717) is 12.1 Å². The van der Waals surface area contributed by atoms with Crippen LogP contribution in [0, 0.1) is 0 Å². The molecule has 1 aromatic rings. The van der Waals surface area contributed by atoms with Crippen LogP contribution in [0.25, 0.3) is 0 Å². The highest BCUT2D eigenvalue weighted by Crippen LogP contribution is 2.29. The summed E-state index contributed by atoms with van der Waals surface area (Å²) in [6.45, 7) is 5.38. The first kappa shape index (κ1) is 14.7. The Hall–Kier alpha value is -0.670. The molecule has 2 nitrogen and oxygen atoms in total. The van der Waals surface area contributed by atoms with Gasteiger partial charge in [0.15, 0.2) is 0 Å². The van der Waals surface area contributed by atoms with Crippen LogP contribution in [0.4, 0.5) is 0 Å². The summed E-state index contributed by atoms with van der Waals surface area (Å²) in [5, 5.41) is 3.75. The number of fused-ring (bicyclic) bond motifs is 1. The third-order valence-electron chi connectivity index (χ3n) is 3.76. The average molecular weight is 279 g/mol. The Labute approximate surface area is 121 Å². The maximum atomic E-state index is 5.58. The Morgan fingerprint density at radius 3 is 3.00 bits per heavy atom. The molecule has 2 atom stereocenters. The highest BCUT2D eigenvalue weighted by Gasteiger charge is 2.17. The van der Waals surface area contributed by atoms with E-state index in [4.69, 9.17) is 4.74 Å². The highest BCUT2D eigenvalue weighted by atomic mass is 32.2. The van der Waals surface area contributed by atoms with E-state index in [1.807, 2.05) is 11.8 Å². The Balaban J connectivity index is 2.00. The molecule has 0 aliphatic carbocycles. The minimum Gasteiger partial charge on any atom is -0.493 e. The second kappa shape index (κ2) is 7.20. The maximum absolute atomic E-state index is 5.58. The lowest BCUT2D eigenvalue weighted by Gasteiger charge is -2.23. The topological polar surface area (TPSA) is 21.3 Å². The molecule has 106 valence electrons. The Morgan fingerprint density at radius 2 is 2.26 bits per heavy atom. The van der Waals surface area contributed by atoms with E-state index in [1.165, 1.54) is 23.3 Å². The number of nitrogens with one attached hydrogen (secondary N) is 1. The SMILES string of the molecule is CCC(NC(C)CCSC)c1ccc2c(c1)CCO2. The summed E-state index contributed by atoms with van der Waals surface area (Å²) < 4.78 is 5.58. The predicted molar refractivity (Wildman–Crippen MR) is 84.3 cm³/mol. The van der Waals surface area contributed by atoms with Gasteiger partial charge in [-0.25, -0.2) is 0 Å². The van der Waals surface area contributed by atoms with E-state index >= 15 is 0 Å². The normalized spacial score (nSPS) is 16.8. The summed E-state index contributed by atoms with van der Waals surface area (Å²) in [5.74, 6) is 2.30. The van der Waals surface area contributed by atoms with Crippen molar-refractivity contribution in [2.75, 3.05) is 18.6 Å². The quantitative estimate of drug-likeness (QED) is 0.820. The lowest BCUT2D eigenvalue weighted by atomic mass is 10.00. The molecule has 0 aromatic heterocycles. The van der Waals surface area contributed by atoms with Crippen molar-refractivity contribution in [3.05, 3.63) is 29.3 Å². The second-order valence-corrected chi connectivity index (χ2v) is 6.26. The van der Waals surface area contributed by atoms with Gasteiger partial charge in [0.05, 0.1) is 6.61 Å². The molecular formula is C16H25NOS. The molecule has 1 N–H and O–H groups in total. The Morgan fingerprint density at radius 1 is 1.42 bits per heavy atom. The molecule has 0 spiro atoms. The molecule has 1 aliphatic heterocycles. The zero-order valence-electron chi connectivity index (χ0n) is 12.2. The highest BCUT2D eigenvalue weighted by molar-refractivity contribution is 7.98. The number of benzene rings is 1. The number of hydrogen-bond acceptors (Lipinski definition) is 3. The van der Waals surface area contributed by atoms with Crippen LogP contribution in [0.3, 0.4) is 0 Å². The van der Waals surface area contributed by atoms with Gasteiger partial charge in [0, 0.05) is 18.5 Å². The second-order valence-electron chi connectivity index (χ2n) is 5.28. The zero-order chi connectivity index (χ0) is 13.7. The first-order valence-corrected chi connectivity index (χ1v) is 8.64. The molecule has 0 saturated heterocycles. The number of rotatable bonds is 7. The van der Waals surface area contributed by atoms with Crippen LogP contribution in [-0.2, 0) is 6.42 Å². The van der Waals surface area contributed by atoms with Crippen LogP contribution in [0.2, 0.25) is 0 Å². The summed E-state index contributed by atoms with van der Waals surface area (Å²) in [4.78, 5) is 0. The van der Waals surface area contributed by atoms with Crippen LogP contribution < -0.4 is 10.1 Å². The molecule has 0 amide bonds. The van der Waals surface area contributed by atoms with Gasteiger partial charge in [-0.2, -0.15) is 11.8 Å². The standard InChI is InChI=1S/C16H25NOS/c1-4-15(17-12(2)8-10-19-3)13-5-6-16-14(11-13)7-9-18-16/h5-6,11-12,15,17H,4,7-10H2,1-3H3. The van der Waals surface area contributed by atoms with Crippen LogP contribution in [0.5, 0.6) is 5.75 Å². The molecule has 3 heteroatoms. The van der Waals surface area contributed by atoms with Crippen LogP contribution >= 0.6 is 11.8 Å². The summed E-state index contributed by atoms with van der Waals surface area (Å²) in [6, 6.07) is 7.70. The third kappa shape index (κ3) is 3.90. The van der Waals surface area contributed by atoms with Crippen LogP contribution in [0.1, 0.15) is 43.9 Å². The van der Waals surface area contributed by atoms with Gasteiger partial charge in [-0.05, 0) is 49.0 Å². The molecule has 1 heterocycles. The fraction of sp³-hybridized carbons (Fsp3) is 0.625. The van der Waals surface area contributed by atoms with E-state index in [9.17, 15) is 0 Å². The van der Waals surface area contributed by atoms with Crippen molar-refractivity contribution in [2.45, 2.75) is 45.2 Å². The summed E-state index contributed by atoms with van der Waals surface area (Å²) >= 11 is 1.92. The number of ether oxygens (including phenoxy) is 1. The van der Waals surface area contributed by atoms with E-state index in [1.54, 1.807) is 0 Å². The van der Waals surface area contributed by atoms with Crippen LogP contribution in [0.15, 0.2) is 18.2 Å². The van der Waals surface area contributed by atoms with E-state index in [-0.39, 0.29) is 0 Å². The van der Waals surface area contributed by atoms with Gasteiger partial charge >= 0.3 is 0 Å². The van der Waals surface area contributed by atoms with Gasteiger partial charge in [0.1, 0.15) is 5.75 Å². The lowest BCUT2D eigenvalue weighted by molar-refractivity contribution is 0.356. The summed E-state index contributed by atoms with van der Waals surface area (Å²) in [7, 11) is 0. The van der Waals surface area contributed by atoms with Gasteiger partial charge in [-0.3, -0.25) is 0 Å². The van der Waals surface area contributed by atoms with Crippen molar-refractivity contribution in [1.29, 1.82) is 0 Å². The van der Waals surface area contributed by atoms with Crippen molar-refractivity contribution in [1.82, 2.24) is 5.32 Å². The van der Waals surface area contributed by atoms with E-state index in [2.05, 4.69) is 43.6 Å². The fourth-order valence-electron chi connectivity index (χ4n) is 2.59. The molecule has 0 fully saturated rings.